The fourth-order valence-corrected chi connectivity index (χ4v) is 2.70. The summed E-state index contributed by atoms with van der Waals surface area (Å²) in [6.07, 6.45) is 3.31. The van der Waals surface area contributed by atoms with Crippen LogP contribution in [0.15, 0.2) is 18.2 Å². The van der Waals surface area contributed by atoms with Gasteiger partial charge in [0.05, 0.1) is 5.02 Å². The molecule has 0 amide bonds. The van der Waals surface area contributed by atoms with Crippen LogP contribution in [-0.2, 0) is 0 Å². The van der Waals surface area contributed by atoms with Gasteiger partial charge in [-0.1, -0.05) is 57.3 Å². The fraction of sp³-hybridized carbons (Fsp3) is 0.625. The van der Waals surface area contributed by atoms with E-state index in [9.17, 15) is 4.39 Å². The van der Waals surface area contributed by atoms with Crippen LogP contribution in [0.1, 0.15) is 51.5 Å². The van der Waals surface area contributed by atoms with Crippen molar-refractivity contribution in [1.29, 1.82) is 0 Å². The van der Waals surface area contributed by atoms with E-state index in [1.165, 1.54) is 0 Å². The van der Waals surface area contributed by atoms with E-state index in [-0.39, 0.29) is 16.8 Å². The number of halogens is 2. The number of hydrogen-bond donors (Lipinski definition) is 1. The minimum Gasteiger partial charge on any atom is -0.316 e. The van der Waals surface area contributed by atoms with Crippen LogP contribution in [0.3, 0.4) is 0 Å². The van der Waals surface area contributed by atoms with Gasteiger partial charge in [-0.3, -0.25) is 0 Å². The first-order valence-electron chi connectivity index (χ1n) is 7.26. The Hall–Kier alpha value is -0.600. The molecule has 1 rings (SSSR count). The fourth-order valence-electron chi connectivity index (χ4n) is 2.52. The Morgan fingerprint density at radius 2 is 2.00 bits per heavy atom. The number of rotatable bonds is 8. The van der Waals surface area contributed by atoms with Crippen LogP contribution in [-0.4, -0.2) is 13.1 Å². The smallest absolute Gasteiger partial charge is 0.145 e. The summed E-state index contributed by atoms with van der Waals surface area (Å²) < 4.78 is 14.2. The molecule has 0 fully saturated rings. The molecule has 0 aromatic heterocycles. The third-order valence-electron chi connectivity index (χ3n) is 3.60. The van der Waals surface area contributed by atoms with Gasteiger partial charge in [-0.05, 0) is 30.5 Å². The van der Waals surface area contributed by atoms with Crippen molar-refractivity contribution < 1.29 is 4.39 Å². The van der Waals surface area contributed by atoms with Gasteiger partial charge in [0.25, 0.3) is 0 Å². The number of nitrogens with one attached hydrogen (secondary N) is 1. The molecular formula is C16H25ClFN. The van der Waals surface area contributed by atoms with Gasteiger partial charge in [-0.2, -0.15) is 0 Å². The second-order valence-corrected chi connectivity index (χ2v) is 5.63. The van der Waals surface area contributed by atoms with Gasteiger partial charge in [0.1, 0.15) is 5.82 Å². The first-order chi connectivity index (χ1) is 9.11. The first-order valence-corrected chi connectivity index (χ1v) is 7.64. The lowest BCUT2D eigenvalue weighted by atomic mass is 9.84. The molecule has 0 saturated heterocycles. The lowest BCUT2D eigenvalue weighted by Gasteiger charge is -2.25. The van der Waals surface area contributed by atoms with Gasteiger partial charge < -0.3 is 5.32 Å². The average molecular weight is 286 g/mol. The van der Waals surface area contributed by atoms with Gasteiger partial charge in [0.2, 0.25) is 0 Å². The van der Waals surface area contributed by atoms with E-state index in [0.717, 1.165) is 37.9 Å². The van der Waals surface area contributed by atoms with Crippen molar-refractivity contribution >= 4 is 11.6 Å². The summed E-state index contributed by atoms with van der Waals surface area (Å²) in [6, 6.07) is 5.32. The topological polar surface area (TPSA) is 12.0 Å². The molecule has 0 spiro atoms. The summed E-state index contributed by atoms with van der Waals surface area (Å²) in [5.74, 6) is 0.378. The summed E-state index contributed by atoms with van der Waals surface area (Å²) in [4.78, 5) is 0. The van der Waals surface area contributed by atoms with Crippen LogP contribution in [0.25, 0.3) is 0 Å². The molecule has 0 bridgehead atoms. The quantitative estimate of drug-likeness (QED) is 0.663. The zero-order valence-electron chi connectivity index (χ0n) is 12.2. The summed E-state index contributed by atoms with van der Waals surface area (Å²) >= 11 is 5.91. The van der Waals surface area contributed by atoms with Gasteiger partial charge in [-0.15, -0.1) is 0 Å². The molecule has 0 saturated carbocycles. The maximum atomic E-state index is 14.2. The van der Waals surface area contributed by atoms with Crippen molar-refractivity contribution in [3.8, 4) is 0 Å². The SMILES string of the molecule is CCCNCC(c1cccc(Cl)c1F)C(C)CCC. The first kappa shape index (κ1) is 16.5. The van der Waals surface area contributed by atoms with Crippen LogP contribution in [0, 0.1) is 11.7 Å². The highest BCUT2D eigenvalue weighted by Gasteiger charge is 2.22. The van der Waals surface area contributed by atoms with Crippen molar-refractivity contribution in [2.24, 2.45) is 5.92 Å². The van der Waals surface area contributed by atoms with Crippen molar-refractivity contribution in [3.63, 3.8) is 0 Å². The highest BCUT2D eigenvalue weighted by atomic mass is 35.5. The molecule has 0 aliphatic carbocycles. The van der Waals surface area contributed by atoms with Crippen LogP contribution in [0.5, 0.6) is 0 Å². The highest BCUT2D eigenvalue weighted by Crippen LogP contribution is 2.31. The van der Waals surface area contributed by atoms with Crippen molar-refractivity contribution in [2.75, 3.05) is 13.1 Å². The van der Waals surface area contributed by atoms with Gasteiger partial charge in [-0.25, -0.2) is 4.39 Å². The molecule has 1 aromatic rings. The number of hydrogen-bond acceptors (Lipinski definition) is 1. The van der Waals surface area contributed by atoms with E-state index in [2.05, 4.69) is 26.1 Å². The van der Waals surface area contributed by atoms with E-state index < -0.39 is 0 Å². The zero-order valence-corrected chi connectivity index (χ0v) is 12.9. The number of benzene rings is 1. The third kappa shape index (κ3) is 4.77. The molecule has 0 heterocycles. The molecule has 3 heteroatoms. The molecule has 1 N–H and O–H groups in total. The second kappa shape index (κ2) is 8.55. The normalized spacial score (nSPS) is 14.4. The van der Waals surface area contributed by atoms with Gasteiger partial charge in [0.15, 0.2) is 0 Å². The van der Waals surface area contributed by atoms with E-state index in [1.807, 2.05) is 12.1 Å². The maximum Gasteiger partial charge on any atom is 0.145 e. The summed E-state index contributed by atoms with van der Waals surface area (Å²) in [7, 11) is 0. The second-order valence-electron chi connectivity index (χ2n) is 5.22. The lowest BCUT2D eigenvalue weighted by Crippen LogP contribution is -2.27. The Morgan fingerprint density at radius 3 is 2.63 bits per heavy atom. The summed E-state index contributed by atoms with van der Waals surface area (Å²) in [6.45, 7) is 8.28. The average Bonchev–Trinajstić information content (AvgIpc) is 2.39. The Labute approximate surface area is 121 Å². The predicted octanol–water partition coefficient (Wildman–Crippen LogP) is 5.00. The summed E-state index contributed by atoms with van der Waals surface area (Å²) in [5, 5.41) is 3.63. The molecule has 0 radical (unpaired) electrons. The molecule has 0 aliphatic rings. The molecule has 108 valence electrons. The molecule has 2 atom stereocenters. The standard InChI is InChI=1S/C16H25ClFN/c1-4-7-12(3)14(11-19-10-5-2)13-8-6-9-15(17)16(13)18/h6,8-9,12,14,19H,4-5,7,10-11H2,1-3H3. The lowest BCUT2D eigenvalue weighted by molar-refractivity contribution is 0.392. The van der Waals surface area contributed by atoms with Crippen molar-refractivity contribution in [1.82, 2.24) is 5.32 Å². The van der Waals surface area contributed by atoms with E-state index in [1.54, 1.807) is 6.07 Å². The van der Waals surface area contributed by atoms with E-state index in [0.29, 0.717) is 5.92 Å². The monoisotopic (exact) mass is 285 g/mol. The van der Waals surface area contributed by atoms with Crippen LogP contribution in [0.2, 0.25) is 5.02 Å². The highest BCUT2D eigenvalue weighted by molar-refractivity contribution is 6.30. The predicted molar refractivity (Wildman–Crippen MR) is 81.4 cm³/mol. The molecule has 1 nitrogen and oxygen atoms in total. The van der Waals surface area contributed by atoms with Gasteiger partial charge >= 0.3 is 0 Å². The molecule has 0 aliphatic heterocycles. The molecule has 1 aromatic carbocycles. The van der Waals surface area contributed by atoms with Crippen LogP contribution < -0.4 is 5.32 Å². The van der Waals surface area contributed by atoms with Gasteiger partial charge in [0, 0.05) is 12.5 Å². The van der Waals surface area contributed by atoms with Crippen LogP contribution in [0.4, 0.5) is 4.39 Å². The van der Waals surface area contributed by atoms with Crippen LogP contribution >= 0.6 is 11.6 Å². The molecule has 19 heavy (non-hydrogen) atoms. The maximum absolute atomic E-state index is 14.2. The zero-order chi connectivity index (χ0) is 14.3. The Morgan fingerprint density at radius 1 is 1.26 bits per heavy atom. The van der Waals surface area contributed by atoms with Crippen molar-refractivity contribution in [2.45, 2.75) is 46.0 Å². The molecular weight excluding hydrogens is 261 g/mol. The molecule has 2 unspecified atom stereocenters. The van der Waals surface area contributed by atoms with E-state index >= 15 is 0 Å². The minimum atomic E-state index is -0.254. The van der Waals surface area contributed by atoms with E-state index in [4.69, 9.17) is 11.6 Å². The Kier molecular flexibility index (Phi) is 7.40. The summed E-state index contributed by atoms with van der Waals surface area (Å²) in [5.41, 5.74) is 0.747. The minimum absolute atomic E-state index is 0.185. The van der Waals surface area contributed by atoms with Crippen molar-refractivity contribution in [3.05, 3.63) is 34.6 Å². The third-order valence-corrected chi connectivity index (χ3v) is 3.89. The largest absolute Gasteiger partial charge is 0.316 e. The Bertz CT molecular complexity index is 381. The Balaban J connectivity index is 2.90.